The number of phenolic OH excluding ortho intramolecular Hbond substituents is 1. The summed E-state index contributed by atoms with van der Waals surface area (Å²) in [5, 5.41) is 47.6. The highest BCUT2D eigenvalue weighted by Gasteiger charge is 2.73. The topological polar surface area (TPSA) is 145 Å². The number of likely N-dealkylation sites (tertiary alicyclic amines) is 1. The van der Waals surface area contributed by atoms with Gasteiger partial charge in [-0.25, -0.2) is 0 Å². The Morgan fingerprint density at radius 2 is 1.98 bits per heavy atom. The summed E-state index contributed by atoms with van der Waals surface area (Å²) in [6.45, 7) is 1.60. The molecular formula is C30H31N3O7. The molecule has 2 fully saturated rings. The number of carbonyl (C=O) groups is 1. The average molecular weight is 546 g/mol. The van der Waals surface area contributed by atoms with E-state index in [2.05, 4.69) is 16.3 Å². The summed E-state index contributed by atoms with van der Waals surface area (Å²) in [6, 6.07) is 8.21. The predicted molar refractivity (Wildman–Crippen MR) is 143 cm³/mol. The zero-order chi connectivity index (χ0) is 28.0. The lowest BCUT2D eigenvalue weighted by molar-refractivity contribution is -0.172. The number of anilines is 1. The number of methoxy groups -OCH3 is 2. The van der Waals surface area contributed by atoms with Gasteiger partial charge in [0.1, 0.15) is 11.8 Å². The Morgan fingerprint density at radius 3 is 2.67 bits per heavy atom. The second-order valence-electron chi connectivity index (χ2n) is 11.6. The summed E-state index contributed by atoms with van der Waals surface area (Å²) in [7, 11) is 2.91. The third-order valence-electron chi connectivity index (χ3n) is 9.68. The lowest BCUT2D eigenvalue weighted by atomic mass is 9.49. The van der Waals surface area contributed by atoms with Crippen molar-refractivity contribution < 1.29 is 34.3 Å². The number of piperidine rings is 1. The minimum atomic E-state index is -1.43. The SMILES string of the molecule is COc1cc(C#N)c(NC(=O)C2=C(O)[C@@H]3Oc4c(O)ccc5c4[C@@]34CCN(CC3CC3)[C@H](C5)[C@]4(O)C2)cc1OC. The molecule has 0 aromatic heterocycles. The molecule has 40 heavy (non-hydrogen) atoms. The van der Waals surface area contributed by atoms with Gasteiger partial charge in [0.2, 0.25) is 0 Å². The van der Waals surface area contributed by atoms with Crippen molar-refractivity contribution in [1.82, 2.24) is 4.90 Å². The summed E-state index contributed by atoms with van der Waals surface area (Å²) in [5.41, 5.74) is -0.334. The van der Waals surface area contributed by atoms with Crippen molar-refractivity contribution in [3.05, 3.63) is 52.3 Å². The number of aromatic hydroxyl groups is 1. The van der Waals surface area contributed by atoms with Crippen molar-refractivity contribution in [1.29, 1.82) is 5.26 Å². The van der Waals surface area contributed by atoms with Gasteiger partial charge in [0.15, 0.2) is 29.1 Å². The molecule has 2 aliphatic heterocycles. The number of nitrogens with zero attached hydrogens (tertiary/aromatic N) is 2. The Kier molecular flexibility index (Phi) is 5.34. The second-order valence-corrected chi connectivity index (χ2v) is 11.6. The number of carbonyl (C=O) groups excluding carboxylic acids is 1. The normalized spacial score (nSPS) is 29.8. The van der Waals surface area contributed by atoms with Gasteiger partial charge in [-0.3, -0.25) is 9.69 Å². The molecule has 2 aromatic carbocycles. The number of rotatable bonds is 6. The Labute approximate surface area is 231 Å². The molecule has 0 unspecified atom stereocenters. The van der Waals surface area contributed by atoms with Gasteiger partial charge in [-0.05, 0) is 49.8 Å². The third-order valence-corrected chi connectivity index (χ3v) is 9.68. The molecule has 208 valence electrons. The Morgan fingerprint density at radius 1 is 1.23 bits per heavy atom. The zero-order valence-corrected chi connectivity index (χ0v) is 22.4. The van der Waals surface area contributed by atoms with E-state index in [9.17, 15) is 25.4 Å². The molecule has 4 N–H and O–H groups in total. The Balaban J connectivity index is 1.33. The van der Waals surface area contributed by atoms with Crippen molar-refractivity contribution in [3.8, 4) is 29.1 Å². The molecule has 1 amide bonds. The van der Waals surface area contributed by atoms with Crippen LogP contribution in [-0.4, -0.2) is 71.2 Å². The highest BCUT2D eigenvalue weighted by atomic mass is 16.5. The smallest absolute Gasteiger partial charge is 0.255 e. The first kappa shape index (κ1) is 25.1. The molecule has 1 saturated heterocycles. The lowest BCUT2D eigenvalue weighted by Crippen LogP contribution is -2.75. The number of ether oxygens (including phenoxy) is 3. The first-order valence-corrected chi connectivity index (χ1v) is 13.6. The van der Waals surface area contributed by atoms with Crippen LogP contribution in [0.1, 0.15) is 42.4 Å². The quantitative estimate of drug-likeness (QED) is 0.431. The van der Waals surface area contributed by atoms with Crippen LogP contribution in [0.3, 0.4) is 0 Å². The zero-order valence-electron chi connectivity index (χ0n) is 22.4. The van der Waals surface area contributed by atoms with Gasteiger partial charge in [0.05, 0.1) is 42.1 Å². The fourth-order valence-electron chi connectivity index (χ4n) is 7.64. The highest BCUT2D eigenvalue weighted by Crippen LogP contribution is 2.66. The number of amides is 1. The molecule has 4 atom stereocenters. The summed E-state index contributed by atoms with van der Waals surface area (Å²) < 4.78 is 16.9. The van der Waals surface area contributed by atoms with Gasteiger partial charge in [-0.1, -0.05) is 6.07 Å². The van der Waals surface area contributed by atoms with Crippen LogP contribution in [0.2, 0.25) is 0 Å². The van der Waals surface area contributed by atoms with Crippen LogP contribution >= 0.6 is 0 Å². The molecule has 3 aliphatic carbocycles. The molecule has 5 aliphatic rings. The molecule has 2 bridgehead atoms. The molecule has 1 spiro atoms. The molecule has 1 saturated carbocycles. The standard InChI is InChI=1S/C30H31N3O7/c1-38-21-9-17(13-31)19(11-22(21)39-2)32-28(36)18-12-30(37)23-10-16-5-6-20(34)26-24(16)29(30,27(40-26)25(18)35)7-8-33(23)14-15-3-4-15/h5-6,9,11,15,23,27,34-35,37H,3-4,7-8,10,12,14H2,1-2H3,(H,32,36)/t23-,27+,29+,30-/m1/s1. The van der Waals surface area contributed by atoms with Crippen LogP contribution in [-0.2, 0) is 16.6 Å². The van der Waals surface area contributed by atoms with Crippen molar-refractivity contribution in [3.63, 3.8) is 0 Å². The van der Waals surface area contributed by atoms with E-state index in [0.717, 1.165) is 24.2 Å². The van der Waals surface area contributed by atoms with E-state index in [-0.39, 0.29) is 46.5 Å². The number of nitriles is 1. The van der Waals surface area contributed by atoms with Gasteiger partial charge in [-0.2, -0.15) is 5.26 Å². The highest BCUT2D eigenvalue weighted by molar-refractivity contribution is 6.05. The molecule has 2 aromatic rings. The molecule has 10 nitrogen and oxygen atoms in total. The molecule has 7 rings (SSSR count). The van der Waals surface area contributed by atoms with E-state index in [1.807, 2.05) is 6.07 Å². The van der Waals surface area contributed by atoms with Crippen LogP contribution in [0.25, 0.3) is 0 Å². The van der Waals surface area contributed by atoms with Crippen molar-refractivity contribution >= 4 is 11.6 Å². The Hall–Kier alpha value is -3.94. The van der Waals surface area contributed by atoms with Gasteiger partial charge in [0.25, 0.3) is 5.91 Å². The summed E-state index contributed by atoms with van der Waals surface area (Å²) in [4.78, 5) is 16.1. The first-order valence-electron chi connectivity index (χ1n) is 13.6. The number of hydrogen-bond acceptors (Lipinski definition) is 9. The average Bonchev–Trinajstić information content (AvgIpc) is 3.69. The fraction of sp³-hybridized carbons (Fsp3) is 0.467. The van der Waals surface area contributed by atoms with Gasteiger partial charge in [-0.15, -0.1) is 0 Å². The largest absolute Gasteiger partial charge is 0.508 e. The van der Waals surface area contributed by atoms with E-state index < -0.39 is 23.0 Å². The van der Waals surface area contributed by atoms with Crippen LogP contribution in [0.5, 0.6) is 23.0 Å². The first-order chi connectivity index (χ1) is 19.2. The maximum Gasteiger partial charge on any atom is 0.255 e. The van der Waals surface area contributed by atoms with Crippen molar-refractivity contribution in [2.75, 3.05) is 32.6 Å². The van der Waals surface area contributed by atoms with Crippen molar-refractivity contribution in [2.45, 2.75) is 55.3 Å². The number of phenols is 1. The minimum Gasteiger partial charge on any atom is -0.508 e. The van der Waals surface area contributed by atoms with Gasteiger partial charge >= 0.3 is 0 Å². The van der Waals surface area contributed by atoms with Crippen LogP contribution in [0.4, 0.5) is 5.69 Å². The predicted octanol–water partition coefficient (Wildman–Crippen LogP) is 2.91. The van der Waals surface area contributed by atoms with Gasteiger partial charge < -0.3 is 34.8 Å². The molecule has 10 heteroatoms. The second kappa shape index (κ2) is 8.53. The fourth-order valence-corrected chi connectivity index (χ4v) is 7.64. The molecule has 0 radical (unpaired) electrons. The molecule has 2 heterocycles. The van der Waals surface area contributed by atoms with E-state index >= 15 is 0 Å². The van der Waals surface area contributed by atoms with Crippen LogP contribution in [0, 0.1) is 17.2 Å². The Bertz CT molecular complexity index is 1530. The van der Waals surface area contributed by atoms with E-state index in [1.54, 1.807) is 6.07 Å². The third kappa shape index (κ3) is 3.19. The van der Waals surface area contributed by atoms with E-state index in [4.69, 9.17) is 14.2 Å². The summed E-state index contributed by atoms with van der Waals surface area (Å²) in [6.07, 6.45) is 2.30. The minimum absolute atomic E-state index is 0.00387. The van der Waals surface area contributed by atoms with Crippen LogP contribution in [0.15, 0.2) is 35.6 Å². The maximum atomic E-state index is 13.8. The monoisotopic (exact) mass is 545 g/mol. The van der Waals surface area contributed by atoms with Gasteiger partial charge in [0, 0.05) is 36.7 Å². The summed E-state index contributed by atoms with van der Waals surface area (Å²) >= 11 is 0. The number of benzene rings is 2. The molecular weight excluding hydrogens is 514 g/mol. The maximum absolute atomic E-state index is 13.8. The van der Waals surface area contributed by atoms with Crippen molar-refractivity contribution in [2.24, 2.45) is 5.92 Å². The lowest BCUT2D eigenvalue weighted by Gasteiger charge is -2.62. The number of nitrogens with one attached hydrogen (secondary N) is 1. The summed E-state index contributed by atoms with van der Waals surface area (Å²) in [5.74, 6) is 0.582. The van der Waals surface area contributed by atoms with E-state index in [1.165, 1.54) is 39.2 Å². The number of aliphatic hydroxyl groups excluding tert-OH is 1. The number of hydrogen-bond donors (Lipinski definition) is 4. The number of aliphatic hydroxyl groups is 2. The van der Waals surface area contributed by atoms with Crippen LogP contribution < -0.4 is 19.5 Å². The van der Waals surface area contributed by atoms with E-state index in [0.29, 0.717) is 30.3 Å².